The molecule has 1 saturated heterocycles. The molecule has 1 aliphatic rings. The molecule has 3 rings (SSSR count). The van der Waals surface area contributed by atoms with E-state index in [0.29, 0.717) is 29.0 Å². The van der Waals surface area contributed by atoms with Gasteiger partial charge in [0.05, 0.1) is 20.8 Å². The predicted octanol–water partition coefficient (Wildman–Crippen LogP) is 0.657. The van der Waals surface area contributed by atoms with Gasteiger partial charge in [0.25, 0.3) is 0 Å². The van der Waals surface area contributed by atoms with E-state index in [1.165, 1.54) is 7.11 Å². The normalized spacial score (nSPS) is 26.9. The van der Waals surface area contributed by atoms with E-state index in [1.807, 2.05) is 18.2 Å². The van der Waals surface area contributed by atoms with Gasteiger partial charge in [0, 0.05) is 37.1 Å². The number of aliphatic hydroxyl groups is 4. The van der Waals surface area contributed by atoms with Crippen LogP contribution >= 0.6 is 0 Å². The Balaban J connectivity index is 1.78. The third-order valence-corrected chi connectivity index (χ3v) is 5.78. The van der Waals surface area contributed by atoms with E-state index in [-0.39, 0.29) is 6.42 Å². The summed E-state index contributed by atoms with van der Waals surface area (Å²) in [7, 11) is 4.50. The van der Waals surface area contributed by atoms with Crippen LogP contribution in [-0.4, -0.2) is 78.6 Å². The van der Waals surface area contributed by atoms with Crippen molar-refractivity contribution in [1.82, 2.24) is 0 Å². The molecule has 0 bridgehead atoms. The van der Waals surface area contributed by atoms with E-state index in [9.17, 15) is 20.4 Å². The molecule has 2 aromatic carbocycles. The van der Waals surface area contributed by atoms with E-state index in [0.717, 1.165) is 5.56 Å². The van der Waals surface area contributed by atoms with E-state index >= 15 is 0 Å². The molecule has 0 aromatic heterocycles. The third kappa shape index (κ3) is 5.47. The lowest BCUT2D eigenvalue weighted by atomic mass is 9.79. The highest BCUT2D eigenvalue weighted by atomic mass is 16.7. The van der Waals surface area contributed by atoms with Crippen LogP contribution in [0.15, 0.2) is 42.5 Å². The van der Waals surface area contributed by atoms with Crippen molar-refractivity contribution >= 4 is 0 Å². The average Bonchev–Trinajstić information content (AvgIpc) is 2.83. The summed E-state index contributed by atoms with van der Waals surface area (Å²) in [6.45, 7) is -0.531. The van der Waals surface area contributed by atoms with Crippen LogP contribution in [0, 0.1) is 11.8 Å². The van der Waals surface area contributed by atoms with Crippen molar-refractivity contribution in [2.24, 2.45) is 0 Å². The highest BCUT2D eigenvalue weighted by Crippen LogP contribution is 2.33. The van der Waals surface area contributed by atoms with E-state index < -0.39 is 36.8 Å². The van der Waals surface area contributed by atoms with Gasteiger partial charge >= 0.3 is 0 Å². The Bertz CT molecular complexity index is 979. The van der Waals surface area contributed by atoms with Crippen molar-refractivity contribution in [2.45, 2.75) is 43.0 Å². The molecular formula is C25H30O8. The second-order valence-electron chi connectivity index (χ2n) is 7.88. The Hall–Kier alpha value is -2.64. The minimum atomic E-state index is -1.98. The summed E-state index contributed by atoms with van der Waals surface area (Å²) >= 11 is 0. The third-order valence-electron chi connectivity index (χ3n) is 5.78. The molecule has 0 spiro atoms. The zero-order chi connectivity index (χ0) is 24.0. The second-order valence-corrected chi connectivity index (χ2v) is 7.88. The molecular weight excluding hydrogens is 428 g/mol. The number of ether oxygens (including phenoxy) is 4. The van der Waals surface area contributed by atoms with Crippen molar-refractivity contribution in [3.63, 3.8) is 0 Å². The van der Waals surface area contributed by atoms with Gasteiger partial charge in [-0.25, -0.2) is 0 Å². The fourth-order valence-corrected chi connectivity index (χ4v) is 3.92. The topological polar surface area (TPSA) is 118 Å². The molecule has 1 aliphatic heterocycles. The van der Waals surface area contributed by atoms with Gasteiger partial charge < -0.3 is 39.4 Å². The Morgan fingerprint density at radius 2 is 1.82 bits per heavy atom. The zero-order valence-corrected chi connectivity index (χ0v) is 18.9. The largest absolute Gasteiger partial charge is 0.497 e. The standard InChI is InChI=1S/C25H30O8/c1-30-19-11-10-18(20(13-19)31-2)9-5-7-16-6-4-8-17(12-16)14-25(29)22(27)21(15-26)33-24(32-3)23(25)28/h4,6,8,10-13,21-24,26-29H,9,14-15H2,1-3H3/t21-,22+,23+,24-,25+/m1/s1. The summed E-state index contributed by atoms with van der Waals surface area (Å²) < 4.78 is 21.0. The van der Waals surface area contributed by atoms with Gasteiger partial charge in [-0.3, -0.25) is 0 Å². The number of benzene rings is 2. The van der Waals surface area contributed by atoms with Gasteiger partial charge in [0.1, 0.15) is 35.4 Å². The lowest BCUT2D eigenvalue weighted by molar-refractivity contribution is -0.327. The van der Waals surface area contributed by atoms with Crippen LogP contribution in [0.5, 0.6) is 11.5 Å². The monoisotopic (exact) mass is 458 g/mol. The summed E-state index contributed by atoms with van der Waals surface area (Å²) in [5.74, 6) is 7.60. The summed E-state index contributed by atoms with van der Waals surface area (Å²) in [4.78, 5) is 0. The maximum atomic E-state index is 11.1. The van der Waals surface area contributed by atoms with Crippen LogP contribution in [0.25, 0.3) is 0 Å². The molecule has 4 N–H and O–H groups in total. The Labute approximate surface area is 193 Å². The van der Waals surface area contributed by atoms with Crippen LogP contribution in [0.2, 0.25) is 0 Å². The molecule has 178 valence electrons. The fourth-order valence-electron chi connectivity index (χ4n) is 3.92. The molecule has 1 fully saturated rings. The summed E-state index contributed by atoms with van der Waals surface area (Å²) in [6.07, 6.45) is -4.93. The SMILES string of the molecule is COc1ccc(CC#Cc2cccc(C[C@@]3(O)[C@@H](O)[C@H](OC)O[C@H](CO)[C@@H]3O)c2)c(OC)c1. The number of hydrogen-bond donors (Lipinski definition) is 4. The molecule has 1 heterocycles. The zero-order valence-electron chi connectivity index (χ0n) is 18.9. The first-order valence-electron chi connectivity index (χ1n) is 10.5. The number of rotatable bonds is 7. The van der Waals surface area contributed by atoms with Crippen molar-refractivity contribution in [3.05, 3.63) is 59.2 Å². The van der Waals surface area contributed by atoms with E-state index in [1.54, 1.807) is 38.5 Å². The van der Waals surface area contributed by atoms with Crippen molar-refractivity contribution in [3.8, 4) is 23.3 Å². The van der Waals surface area contributed by atoms with Crippen molar-refractivity contribution in [1.29, 1.82) is 0 Å². The number of methoxy groups -OCH3 is 3. The summed E-state index contributed by atoms with van der Waals surface area (Å²) in [5.41, 5.74) is 0.305. The van der Waals surface area contributed by atoms with Crippen LogP contribution in [0.4, 0.5) is 0 Å². The predicted molar refractivity (Wildman–Crippen MR) is 120 cm³/mol. The Morgan fingerprint density at radius 3 is 2.48 bits per heavy atom. The number of hydrogen-bond acceptors (Lipinski definition) is 8. The van der Waals surface area contributed by atoms with Crippen molar-refractivity contribution in [2.75, 3.05) is 27.9 Å². The fraction of sp³-hybridized carbons (Fsp3) is 0.440. The summed E-state index contributed by atoms with van der Waals surface area (Å²) in [6, 6.07) is 12.7. The molecule has 0 amide bonds. The quantitative estimate of drug-likeness (QED) is 0.447. The van der Waals surface area contributed by atoms with E-state index in [4.69, 9.17) is 18.9 Å². The highest BCUT2D eigenvalue weighted by molar-refractivity contribution is 5.44. The molecule has 5 atom stereocenters. The highest BCUT2D eigenvalue weighted by Gasteiger charge is 2.55. The second kappa shape index (κ2) is 11.0. The molecule has 8 nitrogen and oxygen atoms in total. The minimum absolute atomic E-state index is 0.0864. The summed E-state index contributed by atoms with van der Waals surface area (Å²) in [5, 5.41) is 41.8. The molecule has 0 saturated carbocycles. The average molecular weight is 459 g/mol. The van der Waals surface area contributed by atoms with Gasteiger partial charge in [0.2, 0.25) is 0 Å². The van der Waals surface area contributed by atoms with Gasteiger partial charge in [0.15, 0.2) is 6.29 Å². The van der Waals surface area contributed by atoms with Crippen LogP contribution < -0.4 is 9.47 Å². The minimum Gasteiger partial charge on any atom is -0.497 e. The molecule has 8 heteroatoms. The number of aliphatic hydroxyl groups excluding tert-OH is 3. The smallest absolute Gasteiger partial charge is 0.186 e. The van der Waals surface area contributed by atoms with Crippen LogP contribution in [0.1, 0.15) is 16.7 Å². The first-order valence-corrected chi connectivity index (χ1v) is 10.5. The maximum Gasteiger partial charge on any atom is 0.186 e. The lowest BCUT2D eigenvalue weighted by Gasteiger charge is -2.47. The van der Waals surface area contributed by atoms with Gasteiger partial charge in [-0.05, 0) is 23.8 Å². The molecule has 0 aliphatic carbocycles. The van der Waals surface area contributed by atoms with Crippen LogP contribution in [0.3, 0.4) is 0 Å². The van der Waals surface area contributed by atoms with Gasteiger partial charge in [-0.2, -0.15) is 0 Å². The van der Waals surface area contributed by atoms with E-state index in [2.05, 4.69) is 11.8 Å². The molecule has 0 unspecified atom stereocenters. The van der Waals surface area contributed by atoms with Crippen LogP contribution in [-0.2, 0) is 22.3 Å². The van der Waals surface area contributed by atoms with Crippen molar-refractivity contribution < 1.29 is 39.4 Å². The lowest BCUT2D eigenvalue weighted by Crippen LogP contribution is -2.68. The Morgan fingerprint density at radius 1 is 1.03 bits per heavy atom. The molecule has 33 heavy (non-hydrogen) atoms. The first kappa shape index (κ1) is 25.0. The molecule has 2 aromatic rings. The van der Waals surface area contributed by atoms with Gasteiger partial charge in [-0.1, -0.05) is 30.0 Å². The maximum absolute atomic E-state index is 11.1. The van der Waals surface area contributed by atoms with Gasteiger partial charge in [-0.15, -0.1) is 0 Å². The Kier molecular flexibility index (Phi) is 8.32. The molecule has 0 radical (unpaired) electrons. The first-order chi connectivity index (χ1) is 15.9.